The summed E-state index contributed by atoms with van der Waals surface area (Å²) in [5.74, 6) is 1.24. The molecule has 2 N–H and O–H groups in total. The summed E-state index contributed by atoms with van der Waals surface area (Å²) in [6.07, 6.45) is 1.38. The molecular weight excluding hydrogens is 386 g/mol. The Morgan fingerprint density at radius 3 is 2.66 bits per heavy atom. The second kappa shape index (κ2) is 7.39. The van der Waals surface area contributed by atoms with Gasteiger partial charge in [0, 0.05) is 16.7 Å². The number of methoxy groups -OCH3 is 1. The molecule has 3 aromatic carbocycles. The van der Waals surface area contributed by atoms with Crippen LogP contribution < -0.4 is 14.6 Å². The molecule has 0 spiro atoms. The minimum atomic E-state index is -3.65. The van der Waals surface area contributed by atoms with Gasteiger partial charge in [-0.25, -0.2) is 13.6 Å². The molecule has 1 aliphatic heterocycles. The van der Waals surface area contributed by atoms with Gasteiger partial charge in [-0.1, -0.05) is 55.1 Å². The first-order valence-corrected chi connectivity index (χ1v) is 10.8. The first kappa shape index (κ1) is 19.2. The van der Waals surface area contributed by atoms with Crippen LogP contribution in [0.3, 0.4) is 0 Å². The van der Waals surface area contributed by atoms with Crippen LogP contribution in [0.15, 0.2) is 67.2 Å². The summed E-state index contributed by atoms with van der Waals surface area (Å²) < 4.78 is 35.0. The van der Waals surface area contributed by atoms with E-state index in [2.05, 4.69) is 6.58 Å². The maximum atomic E-state index is 11.6. The number of ether oxygens (including phenoxy) is 2. The molecule has 148 valence electrons. The summed E-state index contributed by atoms with van der Waals surface area (Å²) in [6.45, 7) is 3.91. The van der Waals surface area contributed by atoms with Crippen molar-refractivity contribution in [3.63, 3.8) is 0 Å². The molecule has 0 amide bonds. The fourth-order valence-electron chi connectivity index (χ4n) is 3.73. The van der Waals surface area contributed by atoms with Gasteiger partial charge in [0.2, 0.25) is 10.0 Å². The first-order valence-electron chi connectivity index (χ1n) is 9.09. The highest BCUT2D eigenvalue weighted by Gasteiger charge is 2.29. The fraction of sp³-hybridized carbons (Fsp3) is 0.130. The molecule has 4 rings (SSSR count). The summed E-state index contributed by atoms with van der Waals surface area (Å²) in [5, 5.41) is 5.26. The van der Waals surface area contributed by atoms with Crippen molar-refractivity contribution in [2.24, 2.45) is 5.14 Å². The van der Waals surface area contributed by atoms with Crippen LogP contribution in [0, 0.1) is 0 Å². The maximum Gasteiger partial charge on any atom is 0.213 e. The Balaban J connectivity index is 1.93. The number of hydrogen-bond acceptors (Lipinski definition) is 4. The number of primary sulfonamides is 1. The summed E-state index contributed by atoms with van der Waals surface area (Å²) in [5.41, 5.74) is 5.27. The monoisotopic (exact) mass is 407 g/mol. The Hall–Kier alpha value is -3.09. The fourth-order valence-corrected chi connectivity index (χ4v) is 4.37. The molecule has 0 aliphatic carbocycles. The summed E-state index contributed by atoms with van der Waals surface area (Å²) in [6, 6.07) is 19.1. The zero-order valence-electron chi connectivity index (χ0n) is 16.0. The zero-order chi connectivity index (χ0) is 20.6. The molecule has 1 atom stereocenters. The second-order valence-electron chi connectivity index (χ2n) is 6.93. The Morgan fingerprint density at radius 2 is 1.93 bits per heavy atom. The topological polar surface area (TPSA) is 78.6 Å². The van der Waals surface area contributed by atoms with Gasteiger partial charge in [0.1, 0.15) is 17.6 Å². The van der Waals surface area contributed by atoms with E-state index in [1.807, 2.05) is 54.6 Å². The molecule has 3 aromatic rings. The SMILES string of the molecule is C=Cc1cccc2c1-c1ccc(CS(N)(=O)=O)cc1C(c1cccc(OC)c1)O2. The number of sulfonamides is 1. The van der Waals surface area contributed by atoms with Crippen LogP contribution in [0.5, 0.6) is 11.5 Å². The number of fused-ring (bicyclic) bond motifs is 3. The Bertz CT molecular complexity index is 1200. The third-order valence-electron chi connectivity index (χ3n) is 4.96. The van der Waals surface area contributed by atoms with E-state index in [0.717, 1.165) is 39.3 Å². The van der Waals surface area contributed by atoms with E-state index in [0.29, 0.717) is 5.56 Å². The summed E-state index contributed by atoms with van der Waals surface area (Å²) in [4.78, 5) is 0. The highest BCUT2D eigenvalue weighted by molar-refractivity contribution is 7.88. The second-order valence-corrected chi connectivity index (χ2v) is 8.54. The Morgan fingerprint density at radius 1 is 1.14 bits per heavy atom. The lowest BCUT2D eigenvalue weighted by Gasteiger charge is -2.31. The third kappa shape index (κ3) is 3.77. The van der Waals surface area contributed by atoms with Gasteiger partial charge in [-0.15, -0.1) is 0 Å². The van der Waals surface area contributed by atoms with E-state index in [4.69, 9.17) is 14.6 Å². The van der Waals surface area contributed by atoms with E-state index >= 15 is 0 Å². The van der Waals surface area contributed by atoms with Gasteiger partial charge in [-0.2, -0.15) is 0 Å². The highest BCUT2D eigenvalue weighted by atomic mass is 32.2. The van der Waals surface area contributed by atoms with Crippen molar-refractivity contribution in [2.75, 3.05) is 7.11 Å². The van der Waals surface area contributed by atoms with E-state index in [1.165, 1.54) is 0 Å². The molecule has 0 saturated carbocycles. The first-order chi connectivity index (χ1) is 13.9. The zero-order valence-corrected chi connectivity index (χ0v) is 16.8. The van der Waals surface area contributed by atoms with Gasteiger partial charge < -0.3 is 9.47 Å². The molecule has 1 aliphatic rings. The lowest BCUT2D eigenvalue weighted by molar-refractivity contribution is 0.243. The van der Waals surface area contributed by atoms with Crippen LogP contribution in [0.2, 0.25) is 0 Å². The molecule has 0 fully saturated rings. The number of nitrogens with two attached hydrogens (primary N) is 1. The van der Waals surface area contributed by atoms with Crippen LogP contribution in [0.1, 0.15) is 28.4 Å². The van der Waals surface area contributed by atoms with E-state index < -0.39 is 16.1 Å². The van der Waals surface area contributed by atoms with Crippen LogP contribution in [-0.2, 0) is 15.8 Å². The van der Waals surface area contributed by atoms with Crippen LogP contribution in [0.25, 0.3) is 17.2 Å². The third-order valence-corrected chi connectivity index (χ3v) is 5.69. The smallest absolute Gasteiger partial charge is 0.213 e. The predicted octanol–water partition coefficient (Wildman–Crippen LogP) is 4.28. The minimum absolute atomic E-state index is 0.235. The van der Waals surface area contributed by atoms with E-state index in [-0.39, 0.29) is 5.75 Å². The molecule has 0 radical (unpaired) electrons. The number of hydrogen-bond donors (Lipinski definition) is 1. The summed E-state index contributed by atoms with van der Waals surface area (Å²) >= 11 is 0. The van der Waals surface area contributed by atoms with Gasteiger partial charge in [0.15, 0.2) is 0 Å². The largest absolute Gasteiger partial charge is 0.497 e. The molecule has 0 saturated heterocycles. The molecule has 1 unspecified atom stereocenters. The van der Waals surface area contributed by atoms with Gasteiger partial charge in [-0.05, 0) is 34.9 Å². The van der Waals surface area contributed by atoms with Crippen molar-refractivity contribution in [1.82, 2.24) is 0 Å². The van der Waals surface area contributed by atoms with Crippen molar-refractivity contribution in [1.29, 1.82) is 0 Å². The normalized spacial score (nSPS) is 15.0. The minimum Gasteiger partial charge on any atom is -0.497 e. The summed E-state index contributed by atoms with van der Waals surface area (Å²) in [7, 11) is -2.03. The van der Waals surface area contributed by atoms with Crippen molar-refractivity contribution in [3.8, 4) is 22.6 Å². The molecule has 5 nitrogen and oxygen atoms in total. The number of benzene rings is 3. The Kier molecular flexibility index (Phi) is 4.90. The van der Waals surface area contributed by atoms with Crippen molar-refractivity contribution >= 4 is 16.1 Å². The standard InChI is InChI=1S/C23H21NO4S/c1-3-16-6-5-9-21-22(16)19-11-10-15(14-29(24,25)26)12-20(19)23(28-21)17-7-4-8-18(13-17)27-2/h3-13,23H,1,14H2,2H3,(H2,24,25,26). The van der Waals surface area contributed by atoms with E-state index in [9.17, 15) is 8.42 Å². The van der Waals surface area contributed by atoms with Gasteiger partial charge in [0.05, 0.1) is 12.9 Å². The average molecular weight is 407 g/mol. The van der Waals surface area contributed by atoms with Crippen molar-refractivity contribution in [3.05, 3.63) is 89.5 Å². The van der Waals surface area contributed by atoms with Gasteiger partial charge in [-0.3, -0.25) is 0 Å². The molecule has 0 aromatic heterocycles. The quantitative estimate of drug-likeness (QED) is 0.685. The predicted molar refractivity (Wildman–Crippen MR) is 114 cm³/mol. The van der Waals surface area contributed by atoms with Crippen LogP contribution in [0.4, 0.5) is 0 Å². The lowest BCUT2D eigenvalue weighted by Crippen LogP contribution is -2.18. The van der Waals surface area contributed by atoms with Crippen LogP contribution >= 0.6 is 0 Å². The van der Waals surface area contributed by atoms with Gasteiger partial charge >= 0.3 is 0 Å². The van der Waals surface area contributed by atoms with Crippen molar-refractivity contribution in [2.45, 2.75) is 11.9 Å². The molecule has 0 bridgehead atoms. The maximum absolute atomic E-state index is 11.6. The van der Waals surface area contributed by atoms with Crippen molar-refractivity contribution < 1.29 is 17.9 Å². The lowest BCUT2D eigenvalue weighted by atomic mass is 9.86. The molecule has 29 heavy (non-hydrogen) atoms. The molecule has 1 heterocycles. The van der Waals surface area contributed by atoms with E-state index in [1.54, 1.807) is 19.3 Å². The van der Waals surface area contributed by atoms with Gasteiger partial charge in [0.25, 0.3) is 0 Å². The molecule has 6 heteroatoms. The number of rotatable bonds is 5. The average Bonchev–Trinajstić information content (AvgIpc) is 2.71. The molecular formula is C23H21NO4S. The van der Waals surface area contributed by atoms with Crippen LogP contribution in [-0.4, -0.2) is 15.5 Å². The Labute approximate surface area is 170 Å². The highest BCUT2D eigenvalue weighted by Crippen LogP contribution is 2.47.